The van der Waals surface area contributed by atoms with E-state index < -0.39 is 0 Å². The molecule has 1 nitrogen and oxygen atoms in total. The van der Waals surface area contributed by atoms with Gasteiger partial charge in [-0.2, -0.15) is 0 Å². The summed E-state index contributed by atoms with van der Waals surface area (Å²) < 4.78 is 0. The van der Waals surface area contributed by atoms with E-state index in [1.807, 2.05) is 6.20 Å². The monoisotopic (exact) mass is 355 g/mol. The predicted molar refractivity (Wildman–Crippen MR) is 120 cm³/mol. The molecule has 0 amide bonds. The predicted octanol–water partition coefficient (Wildman–Crippen LogP) is 7.36. The van der Waals surface area contributed by atoms with Gasteiger partial charge in [-0.15, -0.1) is 0 Å². The van der Waals surface area contributed by atoms with Crippen molar-refractivity contribution in [2.75, 3.05) is 0 Å². The molecule has 0 saturated heterocycles. The maximum absolute atomic E-state index is 4.65. The fourth-order valence-electron chi connectivity index (χ4n) is 4.32. The van der Waals surface area contributed by atoms with Crippen molar-refractivity contribution < 1.29 is 0 Å². The summed E-state index contributed by atoms with van der Waals surface area (Å²) in [5, 5.41) is 8.79. The van der Waals surface area contributed by atoms with E-state index in [0.29, 0.717) is 0 Å². The lowest BCUT2D eigenvalue weighted by Gasteiger charge is -2.11. The van der Waals surface area contributed by atoms with Crippen molar-refractivity contribution >= 4 is 43.2 Å². The molecular formula is C27H17N. The zero-order valence-electron chi connectivity index (χ0n) is 15.3. The van der Waals surface area contributed by atoms with Crippen LogP contribution in [0.4, 0.5) is 0 Å². The quantitative estimate of drug-likeness (QED) is 0.281. The van der Waals surface area contributed by atoms with Gasteiger partial charge in [-0.1, -0.05) is 84.9 Å². The standard InChI is InChI=1S/C27H17N/c1-3-8-21-18(6-1)12-14-25-22(10-5-11-24(21)25)19-13-15-27-26(16-19)23-9-4-2-7-20(23)17-28-27/h1-17H. The summed E-state index contributed by atoms with van der Waals surface area (Å²) in [7, 11) is 0. The summed E-state index contributed by atoms with van der Waals surface area (Å²) in [4.78, 5) is 4.65. The van der Waals surface area contributed by atoms with E-state index in [4.69, 9.17) is 0 Å². The first kappa shape index (κ1) is 15.4. The van der Waals surface area contributed by atoms with Crippen LogP contribution in [0.15, 0.2) is 103 Å². The van der Waals surface area contributed by atoms with Gasteiger partial charge < -0.3 is 0 Å². The second-order valence-corrected chi connectivity index (χ2v) is 7.26. The molecule has 0 atom stereocenters. The molecule has 0 unspecified atom stereocenters. The summed E-state index contributed by atoms with van der Waals surface area (Å²) in [6.45, 7) is 0. The van der Waals surface area contributed by atoms with E-state index in [0.717, 1.165) is 5.52 Å². The third-order valence-electron chi connectivity index (χ3n) is 5.69. The second-order valence-electron chi connectivity index (χ2n) is 7.26. The van der Waals surface area contributed by atoms with Crippen molar-refractivity contribution in [3.05, 3.63) is 103 Å². The molecule has 6 aromatic rings. The molecule has 1 aromatic heterocycles. The van der Waals surface area contributed by atoms with Crippen molar-refractivity contribution in [1.82, 2.24) is 4.98 Å². The van der Waals surface area contributed by atoms with Crippen LogP contribution in [0.25, 0.3) is 54.3 Å². The van der Waals surface area contributed by atoms with Crippen LogP contribution in [0.1, 0.15) is 0 Å². The fourth-order valence-corrected chi connectivity index (χ4v) is 4.32. The number of benzene rings is 5. The van der Waals surface area contributed by atoms with E-state index in [-0.39, 0.29) is 0 Å². The lowest BCUT2D eigenvalue weighted by Crippen LogP contribution is -1.86. The third kappa shape index (κ3) is 2.23. The second kappa shape index (κ2) is 5.90. The molecule has 0 spiro atoms. The van der Waals surface area contributed by atoms with Crippen molar-refractivity contribution in [3.8, 4) is 11.1 Å². The maximum Gasteiger partial charge on any atom is 0.0708 e. The summed E-state index contributed by atoms with van der Waals surface area (Å²) in [5.74, 6) is 0. The van der Waals surface area contributed by atoms with Gasteiger partial charge in [0.25, 0.3) is 0 Å². The Kier molecular flexibility index (Phi) is 3.24. The van der Waals surface area contributed by atoms with E-state index in [1.165, 1.54) is 48.8 Å². The topological polar surface area (TPSA) is 12.9 Å². The Morgan fingerprint density at radius 2 is 1.21 bits per heavy atom. The van der Waals surface area contributed by atoms with Crippen molar-refractivity contribution in [2.24, 2.45) is 0 Å². The molecule has 130 valence electrons. The molecule has 0 aliphatic carbocycles. The Morgan fingerprint density at radius 3 is 2.11 bits per heavy atom. The third-order valence-corrected chi connectivity index (χ3v) is 5.69. The van der Waals surface area contributed by atoms with Crippen molar-refractivity contribution in [1.29, 1.82) is 0 Å². The van der Waals surface area contributed by atoms with Crippen LogP contribution < -0.4 is 0 Å². The summed E-state index contributed by atoms with van der Waals surface area (Å²) in [6, 6.07) is 34.7. The molecule has 28 heavy (non-hydrogen) atoms. The van der Waals surface area contributed by atoms with Gasteiger partial charge in [0.05, 0.1) is 5.52 Å². The number of nitrogens with zero attached hydrogens (tertiary/aromatic N) is 1. The maximum atomic E-state index is 4.65. The van der Waals surface area contributed by atoms with Gasteiger partial charge in [0.15, 0.2) is 0 Å². The zero-order chi connectivity index (χ0) is 18.5. The number of aromatic nitrogens is 1. The van der Waals surface area contributed by atoms with Crippen LogP contribution in [0.2, 0.25) is 0 Å². The van der Waals surface area contributed by atoms with Gasteiger partial charge >= 0.3 is 0 Å². The van der Waals surface area contributed by atoms with E-state index in [1.54, 1.807) is 0 Å². The highest BCUT2D eigenvalue weighted by molar-refractivity contribution is 6.13. The normalized spacial score (nSPS) is 11.6. The molecule has 5 aromatic carbocycles. The summed E-state index contributed by atoms with van der Waals surface area (Å²) in [5.41, 5.74) is 3.53. The Balaban J connectivity index is 1.68. The highest BCUT2D eigenvalue weighted by Gasteiger charge is 2.09. The van der Waals surface area contributed by atoms with Gasteiger partial charge in [0.2, 0.25) is 0 Å². The SMILES string of the molecule is c1ccc2c(c1)cnc1ccc(-c3cccc4c3ccc3ccccc34)cc12. The average Bonchev–Trinajstić information content (AvgIpc) is 2.78. The molecule has 1 heterocycles. The van der Waals surface area contributed by atoms with Gasteiger partial charge in [-0.3, -0.25) is 4.98 Å². The Morgan fingerprint density at radius 1 is 0.464 bits per heavy atom. The zero-order valence-corrected chi connectivity index (χ0v) is 15.3. The van der Waals surface area contributed by atoms with Gasteiger partial charge in [-0.05, 0) is 50.2 Å². The molecule has 0 bridgehead atoms. The van der Waals surface area contributed by atoms with Crippen LogP contribution in [-0.2, 0) is 0 Å². The van der Waals surface area contributed by atoms with Crippen LogP contribution in [0.5, 0.6) is 0 Å². The molecule has 0 aliphatic heterocycles. The van der Waals surface area contributed by atoms with E-state index in [2.05, 4.69) is 102 Å². The number of fused-ring (bicyclic) bond motifs is 6. The minimum atomic E-state index is 1.04. The van der Waals surface area contributed by atoms with Crippen LogP contribution in [0, 0.1) is 0 Å². The smallest absolute Gasteiger partial charge is 0.0708 e. The molecule has 0 radical (unpaired) electrons. The first-order valence-corrected chi connectivity index (χ1v) is 9.57. The molecule has 0 aliphatic rings. The largest absolute Gasteiger partial charge is 0.256 e. The molecule has 0 N–H and O–H groups in total. The average molecular weight is 355 g/mol. The lowest BCUT2D eigenvalue weighted by molar-refractivity contribution is 1.44. The highest BCUT2D eigenvalue weighted by atomic mass is 14.6. The summed E-state index contributed by atoms with van der Waals surface area (Å²) >= 11 is 0. The van der Waals surface area contributed by atoms with Gasteiger partial charge in [0, 0.05) is 17.0 Å². The van der Waals surface area contributed by atoms with Crippen LogP contribution in [0.3, 0.4) is 0 Å². The number of hydrogen-bond donors (Lipinski definition) is 0. The summed E-state index contributed by atoms with van der Waals surface area (Å²) in [6.07, 6.45) is 1.96. The van der Waals surface area contributed by atoms with Crippen LogP contribution >= 0.6 is 0 Å². The van der Waals surface area contributed by atoms with Gasteiger partial charge in [0.1, 0.15) is 0 Å². The van der Waals surface area contributed by atoms with Crippen molar-refractivity contribution in [2.45, 2.75) is 0 Å². The minimum absolute atomic E-state index is 1.04. The Hall–Kier alpha value is -3.71. The van der Waals surface area contributed by atoms with Gasteiger partial charge in [-0.25, -0.2) is 0 Å². The highest BCUT2D eigenvalue weighted by Crippen LogP contribution is 2.35. The van der Waals surface area contributed by atoms with Crippen molar-refractivity contribution in [3.63, 3.8) is 0 Å². The lowest BCUT2D eigenvalue weighted by atomic mass is 9.93. The van der Waals surface area contributed by atoms with E-state index >= 15 is 0 Å². The number of pyridine rings is 1. The minimum Gasteiger partial charge on any atom is -0.256 e. The first-order chi connectivity index (χ1) is 13.9. The first-order valence-electron chi connectivity index (χ1n) is 9.57. The Bertz CT molecular complexity index is 1510. The van der Waals surface area contributed by atoms with E-state index in [9.17, 15) is 0 Å². The molecule has 0 fully saturated rings. The molecule has 6 rings (SSSR count). The molecule has 1 heteroatoms. The molecular weight excluding hydrogens is 338 g/mol. The number of rotatable bonds is 1. The Labute approximate surface area is 162 Å². The van der Waals surface area contributed by atoms with Crippen LogP contribution in [-0.4, -0.2) is 4.98 Å². The fraction of sp³-hybridized carbons (Fsp3) is 0. The molecule has 0 saturated carbocycles. The number of hydrogen-bond acceptors (Lipinski definition) is 1.